The number of hydrogen-bond acceptors (Lipinski definition) is 6. The van der Waals surface area contributed by atoms with E-state index in [-0.39, 0.29) is 0 Å². The Morgan fingerprint density at radius 2 is 2.19 bits per heavy atom. The van der Waals surface area contributed by atoms with E-state index in [1.165, 1.54) is 11.3 Å². The molecule has 2 rings (SSSR count). The zero-order valence-electron chi connectivity index (χ0n) is 11.6. The standard InChI is InChI=1S/C12H16BrN3O2S3/c1-8-16-9(7-19-8)3-4-15-21(17,18)11-5-10(6-14-2)20-12(11)13/h5,7,14-15H,3-4,6H2,1-2H3. The largest absolute Gasteiger partial charge is 0.315 e. The zero-order chi connectivity index (χ0) is 15.5. The summed E-state index contributed by atoms with van der Waals surface area (Å²) in [6, 6.07) is 1.70. The Bertz CT molecular complexity index is 709. The second kappa shape index (κ2) is 7.30. The highest BCUT2D eigenvalue weighted by Gasteiger charge is 2.20. The fourth-order valence-corrected chi connectivity index (χ4v) is 6.13. The molecule has 2 N–H and O–H groups in total. The lowest BCUT2D eigenvalue weighted by Crippen LogP contribution is -2.26. The average Bonchev–Trinajstić information content (AvgIpc) is 2.96. The number of thiophene rings is 1. The smallest absolute Gasteiger partial charge is 0.242 e. The fourth-order valence-electron chi connectivity index (χ4n) is 1.76. The first-order valence-electron chi connectivity index (χ1n) is 6.26. The molecule has 0 aliphatic rings. The van der Waals surface area contributed by atoms with Gasteiger partial charge in [-0.25, -0.2) is 18.1 Å². The third-order valence-electron chi connectivity index (χ3n) is 2.69. The first-order chi connectivity index (χ1) is 9.92. The molecule has 21 heavy (non-hydrogen) atoms. The van der Waals surface area contributed by atoms with Gasteiger partial charge in [0.2, 0.25) is 10.0 Å². The predicted molar refractivity (Wildman–Crippen MR) is 90.5 cm³/mol. The van der Waals surface area contributed by atoms with Crippen molar-refractivity contribution < 1.29 is 8.42 Å². The number of aromatic nitrogens is 1. The Kier molecular flexibility index (Phi) is 5.92. The van der Waals surface area contributed by atoms with Gasteiger partial charge in [0.25, 0.3) is 0 Å². The quantitative estimate of drug-likeness (QED) is 0.736. The molecule has 0 amide bonds. The van der Waals surface area contributed by atoms with Crippen molar-refractivity contribution in [2.75, 3.05) is 13.6 Å². The second-order valence-corrected chi connectivity index (χ2v) is 9.64. The van der Waals surface area contributed by atoms with Crippen LogP contribution in [0.4, 0.5) is 0 Å². The van der Waals surface area contributed by atoms with Crippen LogP contribution in [0.15, 0.2) is 20.1 Å². The molecule has 2 aromatic heterocycles. The van der Waals surface area contributed by atoms with E-state index in [2.05, 4.69) is 31.0 Å². The zero-order valence-corrected chi connectivity index (χ0v) is 15.7. The van der Waals surface area contributed by atoms with Gasteiger partial charge in [0.1, 0.15) is 4.90 Å². The highest BCUT2D eigenvalue weighted by atomic mass is 79.9. The number of sulfonamides is 1. The fraction of sp³-hybridized carbons (Fsp3) is 0.417. The van der Waals surface area contributed by atoms with Crippen LogP contribution in [0.1, 0.15) is 15.6 Å². The highest BCUT2D eigenvalue weighted by Crippen LogP contribution is 2.31. The van der Waals surface area contributed by atoms with Gasteiger partial charge in [0.15, 0.2) is 0 Å². The van der Waals surface area contributed by atoms with Crippen LogP contribution < -0.4 is 10.0 Å². The number of nitrogens with one attached hydrogen (secondary N) is 2. The SMILES string of the molecule is CNCc1cc(S(=O)(=O)NCCc2csc(C)n2)c(Br)s1. The summed E-state index contributed by atoms with van der Waals surface area (Å²) in [6.45, 7) is 2.93. The van der Waals surface area contributed by atoms with Crippen LogP contribution >= 0.6 is 38.6 Å². The number of halogens is 1. The van der Waals surface area contributed by atoms with Crippen LogP contribution in [-0.2, 0) is 23.0 Å². The van der Waals surface area contributed by atoms with Crippen LogP contribution in [0.5, 0.6) is 0 Å². The summed E-state index contributed by atoms with van der Waals surface area (Å²) in [5.41, 5.74) is 0.917. The van der Waals surface area contributed by atoms with Crippen molar-refractivity contribution in [2.24, 2.45) is 0 Å². The van der Waals surface area contributed by atoms with E-state index in [0.29, 0.717) is 28.2 Å². The minimum atomic E-state index is -3.49. The van der Waals surface area contributed by atoms with Gasteiger partial charge in [-0.1, -0.05) is 0 Å². The maximum Gasteiger partial charge on any atom is 0.242 e. The monoisotopic (exact) mass is 409 g/mol. The lowest BCUT2D eigenvalue weighted by Gasteiger charge is -2.04. The van der Waals surface area contributed by atoms with E-state index in [1.807, 2.05) is 19.4 Å². The van der Waals surface area contributed by atoms with Crippen molar-refractivity contribution in [3.63, 3.8) is 0 Å². The van der Waals surface area contributed by atoms with Gasteiger partial charge in [0.05, 0.1) is 14.5 Å². The topological polar surface area (TPSA) is 71.1 Å². The highest BCUT2D eigenvalue weighted by molar-refractivity contribution is 9.11. The Balaban J connectivity index is 2.01. The molecule has 0 saturated heterocycles. The van der Waals surface area contributed by atoms with Gasteiger partial charge in [-0.2, -0.15) is 0 Å². The van der Waals surface area contributed by atoms with Crippen LogP contribution in [-0.4, -0.2) is 27.0 Å². The first kappa shape index (κ1) is 17.0. The van der Waals surface area contributed by atoms with Crippen molar-refractivity contribution in [3.8, 4) is 0 Å². The van der Waals surface area contributed by atoms with E-state index < -0.39 is 10.0 Å². The van der Waals surface area contributed by atoms with Crippen molar-refractivity contribution in [2.45, 2.75) is 24.8 Å². The maximum absolute atomic E-state index is 12.3. The number of aryl methyl sites for hydroxylation is 1. The van der Waals surface area contributed by atoms with Crippen molar-refractivity contribution in [3.05, 3.63) is 30.8 Å². The summed E-state index contributed by atoms with van der Waals surface area (Å²) in [4.78, 5) is 5.59. The molecule has 0 aliphatic heterocycles. The average molecular weight is 410 g/mol. The van der Waals surface area contributed by atoms with Gasteiger partial charge in [-0.15, -0.1) is 22.7 Å². The molecule has 5 nitrogen and oxygen atoms in total. The van der Waals surface area contributed by atoms with E-state index in [4.69, 9.17) is 0 Å². The number of nitrogens with zero attached hydrogens (tertiary/aromatic N) is 1. The Labute approximate surface area is 141 Å². The summed E-state index contributed by atoms with van der Waals surface area (Å²) in [5.74, 6) is 0. The summed E-state index contributed by atoms with van der Waals surface area (Å²) < 4.78 is 27.8. The number of rotatable bonds is 7. The molecule has 2 heterocycles. The molecule has 0 saturated carbocycles. The van der Waals surface area contributed by atoms with E-state index in [0.717, 1.165) is 15.6 Å². The number of hydrogen-bond donors (Lipinski definition) is 2. The predicted octanol–water partition coefficient (Wildman–Crippen LogP) is 2.52. The molecule has 0 bridgehead atoms. The second-order valence-electron chi connectivity index (χ2n) is 4.39. The molecule has 116 valence electrons. The van der Waals surface area contributed by atoms with Crippen LogP contribution in [0.3, 0.4) is 0 Å². The molecular formula is C12H16BrN3O2S3. The van der Waals surface area contributed by atoms with E-state index >= 15 is 0 Å². The Morgan fingerprint density at radius 1 is 1.43 bits per heavy atom. The van der Waals surface area contributed by atoms with Gasteiger partial charge in [0, 0.05) is 29.8 Å². The summed E-state index contributed by atoms with van der Waals surface area (Å²) in [7, 11) is -1.66. The Hall–Kier alpha value is -0.320. The van der Waals surface area contributed by atoms with Crippen molar-refractivity contribution in [1.29, 1.82) is 0 Å². The van der Waals surface area contributed by atoms with Crippen LogP contribution in [0.2, 0.25) is 0 Å². The minimum Gasteiger partial charge on any atom is -0.315 e. The molecular weight excluding hydrogens is 394 g/mol. The molecule has 0 spiro atoms. The lowest BCUT2D eigenvalue weighted by atomic mass is 10.3. The molecule has 9 heteroatoms. The Morgan fingerprint density at radius 3 is 2.81 bits per heavy atom. The maximum atomic E-state index is 12.3. The summed E-state index contributed by atoms with van der Waals surface area (Å²) in [5, 5.41) is 5.95. The first-order valence-corrected chi connectivity index (χ1v) is 10.2. The van der Waals surface area contributed by atoms with Crippen molar-refractivity contribution in [1.82, 2.24) is 15.0 Å². The molecule has 0 fully saturated rings. The molecule has 0 aromatic carbocycles. The van der Waals surface area contributed by atoms with Gasteiger partial charge < -0.3 is 5.32 Å². The normalized spacial score (nSPS) is 12.0. The molecule has 2 aromatic rings. The van der Waals surface area contributed by atoms with Crippen molar-refractivity contribution >= 4 is 48.6 Å². The van der Waals surface area contributed by atoms with Gasteiger partial charge >= 0.3 is 0 Å². The lowest BCUT2D eigenvalue weighted by molar-refractivity contribution is 0.581. The number of thiazole rings is 1. The van der Waals surface area contributed by atoms with E-state index in [9.17, 15) is 8.42 Å². The molecule has 0 atom stereocenters. The van der Waals surface area contributed by atoms with E-state index in [1.54, 1.807) is 17.4 Å². The molecule has 0 radical (unpaired) electrons. The summed E-state index contributed by atoms with van der Waals surface area (Å²) >= 11 is 6.32. The van der Waals surface area contributed by atoms with Crippen LogP contribution in [0.25, 0.3) is 0 Å². The molecule has 0 unspecified atom stereocenters. The third kappa shape index (κ3) is 4.57. The van der Waals surface area contributed by atoms with Gasteiger partial charge in [-0.3, -0.25) is 0 Å². The minimum absolute atomic E-state index is 0.298. The van der Waals surface area contributed by atoms with Crippen LogP contribution in [0, 0.1) is 6.92 Å². The third-order valence-corrected chi connectivity index (χ3v) is 7.22. The summed E-state index contributed by atoms with van der Waals surface area (Å²) in [6.07, 6.45) is 0.592. The molecule has 0 aliphatic carbocycles. The van der Waals surface area contributed by atoms with Gasteiger partial charge in [-0.05, 0) is 36.0 Å².